The summed E-state index contributed by atoms with van der Waals surface area (Å²) in [6.07, 6.45) is -2.41. The lowest BCUT2D eigenvalue weighted by Gasteiger charge is -2.29. The number of nitrogens with one attached hydrogen (secondary N) is 35. The molecule has 61 nitrogen and oxygen atoms in total. The molecular weight excluding hydrogens is 1750 g/mol. The lowest BCUT2D eigenvalue weighted by molar-refractivity contribution is -0.142. The molecule has 0 unspecified atom stereocenters. The van der Waals surface area contributed by atoms with Crippen molar-refractivity contribution < 1.29 is 62.6 Å². The Kier molecular flexibility index (Phi) is 60.3. The van der Waals surface area contributed by atoms with E-state index in [1.54, 1.807) is 0 Å². The van der Waals surface area contributed by atoms with Gasteiger partial charge >= 0.3 is 5.97 Å². The van der Waals surface area contributed by atoms with E-state index in [4.69, 9.17) is 139 Å². The maximum Gasteiger partial charge on any atom is 0.326 e. The summed E-state index contributed by atoms with van der Waals surface area (Å²) in [5, 5.41) is 162. The minimum Gasteiger partial charge on any atom is -0.480 e. The zero-order valence-electron chi connectivity index (χ0n) is 74.7. The molecule has 11 amide bonds. The van der Waals surface area contributed by atoms with Crippen LogP contribution in [0.2, 0.25) is 0 Å². The molecule has 0 radical (unpaired) electrons. The summed E-state index contributed by atoms with van der Waals surface area (Å²) >= 11 is 0. The number of amides is 11. The van der Waals surface area contributed by atoms with Crippen molar-refractivity contribution in [3.63, 3.8) is 0 Å². The van der Waals surface area contributed by atoms with Gasteiger partial charge in [-0.1, -0.05) is 0 Å². The number of hydrogen-bond acceptors (Lipinski definition) is 25. The molecule has 0 bridgehead atoms. The number of carbonyl (C=O) groups excluding carboxylic acids is 11. The van der Waals surface area contributed by atoms with Gasteiger partial charge < -0.3 is 202 Å². The molecule has 0 rings (SSSR count). The van der Waals surface area contributed by atoms with Crippen LogP contribution in [-0.2, 0) is 57.5 Å². The highest BCUT2D eigenvalue weighted by Crippen LogP contribution is 2.14. The van der Waals surface area contributed by atoms with Crippen molar-refractivity contribution in [2.24, 2.45) is 74.5 Å². The minimum absolute atomic E-state index is 0.00166. The summed E-state index contributed by atoms with van der Waals surface area (Å²) < 4.78 is 0. The highest BCUT2D eigenvalue weighted by molar-refractivity contribution is 6.00. The third kappa shape index (κ3) is 59.6. The number of hydrogen-bond donors (Lipinski definition) is 49. The first-order valence-electron chi connectivity index (χ1n) is 43.0. The van der Waals surface area contributed by atoms with Crippen molar-refractivity contribution in [2.45, 2.75) is 227 Å². The van der Waals surface area contributed by atoms with Crippen molar-refractivity contribution in [3.8, 4) is 0 Å². The van der Waals surface area contributed by atoms with Crippen LogP contribution in [-0.4, -0.2) is 299 Å². The molecule has 61 heteroatoms. The first kappa shape index (κ1) is 118. The standard InChI is InChI=1S/C72H146N48O13/c73-37(13-1-25-98-61(74)75)49(121)110-38(14-2-26-99-62(76)77)50(122)111-39(15-3-27-100-63(78)79)51(123)112-40(16-4-28-101-64(80)81)52(124)113-41(17-5-29-102-65(82)83)53(125)114-42(18-6-30-103-66(84)85)54(126)115-43(19-7-31-104-67(86)87)55(127)116-44(20-8-32-105-68(88)89)56(128)117-45(21-9-33-106-69(90)91)57(129)118-46(22-10-34-107-70(92)93)58(130)119-47(23-11-35-108-71(94)95)59(131)120-48(60(132)133)24-12-36-109-72(96)97/h37-48H,1-36,73H2,(H,110,121)(H,111,122)(H,112,123)(H,113,124)(H,114,125)(H,115,126)(H,116,127)(H,117,128)(H,118,129)(H,119,130)(H,120,131)(H,132,133)(H4,74,75,98)(H4,76,77,99)(H4,78,79,100)(H4,80,81,101)(H4,82,83,102)(H4,84,85,103)(H4,86,87,104)(H4,88,89,105)(H4,90,91,106)(H4,92,93,107)(H4,94,95,108)(H4,96,97,109)/t37-,38-,39-,40-,41-,42-,43-,44-,45-,46-,47-,48-/m0/s1. The van der Waals surface area contributed by atoms with E-state index in [9.17, 15) is 38.7 Å². The molecule has 133 heavy (non-hydrogen) atoms. The molecule has 0 aliphatic carbocycles. The fourth-order valence-corrected chi connectivity index (χ4v) is 12.4. The molecule has 12 atom stereocenters. The molecule has 0 fully saturated rings. The van der Waals surface area contributed by atoms with Gasteiger partial charge in [0.1, 0.15) is 66.5 Å². The lowest BCUT2D eigenvalue weighted by atomic mass is 10.0. The molecular formula is C72H146N48O13. The number of nitrogens with two attached hydrogens (primary N) is 13. The highest BCUT2D eigenvalue weighted by Gasteiger charge is 2.38. The van der Waals surface area contributed by atoms with Crippen molar-refractivity contribution >= 4 is 142 Å². The number of carbonyl (C=O) groups is 12. The van der Waals surface area contributed by atoms with E-state index >= 15 is 24.0 Å². The molecule has 752 valence electrons. The van der Waals surface area contributed by atoms with Crippen LogP contribution >= 0.6 is 0 Å². The van der Waals surface area contributed by atoms with Gasteiger partial charge in [-0.05, 0) is 154 Å². The zero-order valence-corrected chi connectivity index (χ0v) is 74.7. The summed E-state index contributed by atoms with van der Waals surface area (Å²) in [5.74, 6) is -17.9. The average molecular weight is 1890 g/mol. The number of carboxylic acid groups (broad SMARTS) is 1. The van der Waals surface area contributed by atoms with Crippen molar-refractivity contribution in [3.05, 3.63) is 0 Å². The first-order valence-corrected chi connectivity index (χ1v) is 43.0. The van der Waals surface area contributed by atoms with Gasteiger partial charge in [-0.15, -0.1) is 0 Å². The molecule has 0 aliphatic heterocycles. The van der Waals surface area contributed by atoms with Crippen LogP contribution in [0.5, 0.6) is 0 Å². The Labute approximate surface area is 769 Å². The molecule has 0 heterocycles. The highest BCUT2D eigenvalue weighted by atomic mass is 16.4. The smallest absolute Gasteiger partial charge is 0.326 e. The van der Waals surface area contributed by atoms with Crippen LogP contribution in [0.1, 0.15) is 154 Å². The van der Waals surface area contributed by atoms with E-state index in [-0.39, 0.29) is 245 Å². The van der Waals surface area contributed by atoms with Crippen molar-refractivity contribution in [2.75, 3.05) is 78.5 Å². The summed E-state index contributed by atoms with van der Waals surface area (Å²) in [6.45, 7) is -0.259. The zero-order chi connectivity index (χ0) is 101. The number of rotatable bonds is 71. The van der Waals surface area contributed by atoms with E-state index in [1.807, 2.05) is 0 Å². The van der Waals surface area contributed by atoms with E-state index in [1.165, 1.54) is 0 Å². The second kappa shape index (κ2) is 68.0. The quantitative estimate of drug-likeness (QED) is 0.0153. The largest absolute Gasteiger partial charge is 0.480 e. The molecule has 0 saturated carbocycles. The summed E-state index contributed by atoms with van der Waals surface area (Å²) in [7, 11) is 0. The Morgan fingerprint density at radius 1 is 0.173 bits per heavy atom. The van der Waals surface area contributed by atoms with Gasteiger partial charge in [-0.2, -0.15) is 0 Å². The van der Waals surface area contributed by atoms with E-state index in [0.717, 1.165) is 0 Å². The topological polar surface area (TPSA) is 1130 Å². The maximum atomic E-state index is 15.2. The fourth-order valence-electron chi connectivity index (χ4n) is 12.4. The Hall–Kier alpha value is -15.2. The van der Waals surface area contributed by atoms with Crippen LogP contribution in [0.15, 0.2) is 0 Å². The first-order chi connectivity index (χ1) is 62.7. The predicted octanol–water partition coefficient (Wildman–Crippen LogP) is -15.1. The summed E-state index contributed by atoms with van der Waals surface area (Å²) in [4.78, 5) is 174. The third-order valence-corrected chi connectivity index (χ3v) is 19.1. The Balaban J connectivity index is 8.30. The van der Waals surface area contributed by atoms with Gasteiger partial charge in [0.15, 0.2) is 71.5 Å². The minimum atomic E-state index is -1.69. The van der Waals surface area contributed by atoms with Gasteiger partial charge in [0.25, 0.3) is 0 Å². The fraction of sp³-hybridized carbons (Fsp3) is 0.667. The van der Waals surface area contributed by atoms with Crippen LogP contribution in [0, 0.1) is 64.9 Å². The number of aliphatic carboxylic acids is 1. The lowest BCUT2D eigenvalue weighted by Crippen LogP contribution is -2.61. The number of guanidine groups is 12. The monoisotopic (exact) mass is 1890 g/mol. The average Bonchev–Trinajstić information content (AvgIpc) is 0.856. The molecule has 62 N–H and O–H groups in total. The third-order valence-electron chi connectivity index (χ3n) is 19.1. The molecule has 0 aromatic carbocycles. The predicted molar refractivity (Wildman–Crippen MR) is 497 cm³/mol. The van der Waals surface area contributed by atoms with Crippen molar-refractivity contribution in [1.29, 1.82) is 64.9 Å². The van der Waals surface area contributed by atoms with Gasteiger partial charge in [-0.3, -0.25) is 118 Å². The van der Waals surface area contributed by atoms with Gasteiger partial charge in [0, 0.05) is 78.5 Å². The SMILES string of the molecule is N=C(N)NCCC[C@H](NC(=O)[C@H](CCCNC(=N)N)NC(=O)[C@H](CCCNC(=N)N)NC(=O)[C@H](CCCNC(=N)N)NC(=O)[C@H](CCCNC(=N)N)NC(=O)[C@H](CCCNC(=N)N)NC(=O)[C@H](CCCNC(=N)N)NC(=O)[C@H](CCCNC(=N)N)NC(=O)[C@H](CCCNC(=N)N)NC(=O)[C@H](CCCNC(=N)N)NC(=O)[C@H](CCCNC(=N)N)NC(=O)[C@@H](N)CCCNC(=N)N)C(=O)O. The molecule has 0 aromatic heterocycles. The summed E-state index contributed by atoms with van der Waals surface area (Å²) in [6, 6.07) is -18.8. The van der Waals surface area contributed by atoms with Crippen LogP contribution in [0.4, 0.5) is 0 Å². The Bertz CT molecular complexity index is 3820. The second-order valence-electron chi connectivity index (χ2n) is 30.4. The second-order valence-corrected chi connectivity index (χ2v) is 30.4. The summed E-state index contributed by atoms with van der Waals surface area (Å²) in [5.41, 5.74) is 72.6. The Morgan fingerprint density at radius 2 is 0.271 bits per heavy atom. The van der Waals surface area contributed by atoms with Crippen LogP contribution in [0.3, 0.4) is 0 Å². The van der Waals surface area contributed by atoms with Crippen LogP contribution in [0.25, 0.3) is 0 Å². The van der Waals surface area contributed by atoms with E-state index in [2.05, 4.69) is 122 Å². The molecule has 0 aromatic rings. The molecule has 0 spiro atoms. The normalized spacial score (nSPS) is 13.3. The maximum absolute atomic E-state index is 15.2. The van der Waals surface area contributed by atoms with Crippen LogP contribution < -0.4 is 197 Å². The molecule has 0 saturated heterocycles. The van der Waals surface area contributed by atoms with Gasteiger partial charge in [0.2, 0.25) is 65.0 Å². The Morgan fingerprint density at radius 3 is 0.383 bits per heavy atom. The van der Waals surface area contributed by atoms with E-state index < -0.39 is 203 Å². The van der Waals surface area contributed by atoms with Gasteiger partial charge in [-0.25, -0.2) is 4.79 Å². The molecule has 0 aliphatic rings. The van der Waals surface area contributed by atoms with E-state index in [0.29, 0.717) is 0 Å². The number of carboxylic acids is 1. The van der Waals surface area contributed by atoms with Crippen molar-refractivity contribution in [1.82, 2.24) is 122 Å². The van der Waals surface area contributed by atoms with Gasteiger partial charge in [0.05, 0.1) is 6.04 Å².